The number of allylic oxidation sites excluding steroid dienone is 30. The molecule has 0 rings (SSSR count). The summed E-state index contributed by atoms with van der Waals surface area (Å²) in [5.74, 6) is -1.63. The second kappa shape index (κ2) is 78.2. The average Bonchev–Trinajstić information content (AvgIpc) is 0.941. The number of carbonyl (C=O) groups excluding carboxylic acids is 3. The van der Waals surface area contributed by atoms with Gasteiger partial charge in [0.25, 0.3) is 0 Å². The van der Waals surface area contributed by atoms with E-state index in [4.69, 9.17) is 32.3 Å². The van der Waals surface area contributed by atoms with Crippen molar-refractivity contribution < 1.29 is 75.8 Å². The summed E-state index contributed by atoms with van der Waals surface area (Å²) in [6.07, 6.45) is 101. The van der Waals surface area contributed by atoms with Crippen molar-refractivity contribution in [1.29, 1.82) is 0 Å². The van der Waals surface area contributed by atoms with Crippen LogP contribution >= 0.6 is 15.6 Å². The fourth-order valence-electron chi connectivity index (χ4n) is 10.1. The van der Waals surface area contributed by atoms with Crippen LogP contribution < -0.4 is 0 Å². The maximum Gasteiger partial charge on any atom is 0.472 e. The van der Waals surface area contributed by atoms with Crippen LogP contribution in [0.25, 0.3) is 0 Å². The summed E-state index contributed by atoms with van der Waals surface area (Å²) in [6, 6.07) is 0. The molecule has 0 aliphatic heterocycles. The lowest BCUT2D eigenvalue weighted by molar-refractivity contribution is -0.161. The number of rotatable bonds is 74. The molecule has 0 bridgehead atoms. The first-order chi connectivity index (χ1) is 51.2. The molecule has 5 atom stereocenters. The van der Waals surface area contributed by atoms with E-state index in [1.165, 1.54) is 32.1 Å². The maximum absolute atomic E-state index is 13.0. The van der Waals surface area contributed by atoms with Gasteiger partial charge in [-0.3, -0.25) is 32.5 Å². The fourth-order valence-corrected chi connectivity index (χ4v) is 11.7. The second-order valence-corrected chi connectivity index (χ2v) is 29.0. The number of hydrogen-bond donors (Lipinski definition) is 4. The van der Waals surface area contributed by atoms with E-state index < -0.39 is 91.5 Å². The van der Waals surface area contributed by atoms with Crippen LogP contribution in [0.2, 0.25) is 0 Å². The Bertz CT molecular complexity index is 2640. The van der Waals surface area contributed by atoms with Crippen molar-refractivity contribution in [2.45, 2.75) is 309 Å². The van der Waals surface area contributed by atoms with Crippen molar-refractivity contribution in [2.24, 2.45) is 0 Å². The summed E-state index contributed by atoms with van der Waals surface area (Å²) >= 11 is 0. The second-order valence-electron chi connectivity index (χ2n) is 26.1. The molecule has 0 amide bonds. The summed E-state index contributed by atoms with van der Waals surface area (Å²) in [5.41, 5.74) is 0. The molecule has 0 aromatic rings. The lowest BCUT2D eigenvalue weighted by Gasteiger charge is -2.21. The Balaban J connectivity index is 4.62. The van der Waals surface area contributed by atoms with Gasteiger partial charge in [-0.15, -0.1) is 0 Å². The van der Waals surface area contributed by atoms with Gasteiger partial charge in [0.15, 0.2) is 6.10 Å². The Kier molecular flexibility index (Phi) is 74.3. The third-order valence-corrected chi connectivity index (χ3v) is 18.0. The monoisotopic (exact) mass is 1500 g/mol. The molecule has 0 radical (unpaired) electrons. The number of unbranched alkanes of at least 4 members (excludes halogenated alkanes) is 21. The van der Waals surface area contributed by atoms with E-state index in [0.29, 0.717) is 19.3 Å². The van der Waals surface area contributed by atoms with Gasteiger partial charge in [0.2, 0.25) is 0 Å². The summed E-state index contributed by atoms with van der Waals surface area (Å²) in [4.78, 5) is 58.7. The van der Waals surface area contributed by atoms with Gasteiger partial charge in [0, 0.05) is 19.3 Å². The number of aliphatic hydroxyl groups excluding tert-OH is 2. The van der Waals surface area contributed by atoms with Crippen molar-refractivity contribution in [3.63, 3.8) is 0 Å². The Morgan fingerprint density at radius 1 is 0.267 bits per heavy atom. The molecule has 0 saturated carbocycles. The highest BCUT2D eigenvalue weighted by Crippen LogP contribution is 2.45. The number of ether oxygens (including phenoxy) is 3. The third-order valence-electron chi connectivity index (χ3n) is 16.1. The van der Waals surface area contributed by atoms with Gasteiger partial charge >= 0.3 is 33.6 Å². The molecule has 0 aromatic carbocycles. The van der Waals surface area contributed by atoms with Crippen LogP contribution in [0.1, 0.15) is 290 Å². The topological polar surface area (TPSA) is 231 Å². The highest BCUT2D eigenvalue weighted by atomic mass is 31.2. The van der Waals surface area contributed by atoms with E-state index in [-0.39, 0.29) is 19.3 Å². The molecule has 0 spiro atoms. The lowest BCUT2D eigenvalue weighted by atomic mass is 10.1. The van der Waals surface area contributed by atoms with Crippen LogP contribution in [0.3, 0.4) is 0 Å². The minimum absolute atomic E-state index is 0.0674. The SMILES string of the molecule is CC/C=C\C/C=C\C/C=C\C/C=C\C/C=C\C/C=C\CCCCCCCCCCCCC(=O)OCC(O)COP(=O)(O)OCC(O)COP(=O)(O)OCC(COC(=O)CCCCCCCCC/C=C\C/C=C\C/C=C\C/C=C\C/C=C\CC)OC(=O)CCCCCC/C=C\C/C=C\C/C=C\C/C=C\CC. The molecule has 16 nitrogen and oxygen atoms in total. The van der Waals surface area contributed by atoms with Crippen LogP contribution in [-0.2, 0) is 55.8 Å². The van der Waals surface area contributed by atoms with Gasteiger partial charge in [-0.25, -0.2) is 9.13 Å². The van der Waals surface area contributed by atoms with Gasteiger partial charge in [0.1, 0.15) is 25.4 Å². The smallest absolute Gasteiger partial charge is 0.463 e. The first-order valence-corrected chi connectivity index (χ1v) is 43.1. The lowest BCUT2D eigenvalue weighted by Crippen LogP contribution is -2.30. The molecule has 596 valence electrons. The first-order valence-electron chi connectivity index (χ1n) is 40.1. The largest absolute Gasteiger partial charge is 0.472 e. The Labute approximate surface area is 636 Å². The summed E-state index contributed by atoms with van der Waals surface area (Å²) in [7, 11) is -9.82. The Morgan fingerprint density at radius 3 is 0.752 bits per heavy atom. The number of phosphoric acid groups is 2. The summed E-state index contributed by atoms with van der Waals surface area (Å²) in [6.45, 7) is 2.28. The zero-order valence-electron chi connectivity index (χ0n) is 65.1. The summed E-state index contributed by atoms with van der Waals surface area (Å²) < 4.78 is 61.2. The van der Waals surface area contributed by atoms with Crippen molar-refractivity contribution in [3.8, 4) is 0 Å². The van der Waals surface area contributed by atoms with E-state index in [1.807, 2.05) is 0 Å². The van der Waals surface area contributed by atoms with Crippen molar-refractivity contribution >= 4 is 33.6 Å². The predicted molar refractivity (Wildman–Crippen MR) is 435 cm³/mol. The van der Waals surface area contributed by atoms with Crippen LogP contribution in [0, 0.1) is 0 Å². The normalized spacial score (nSPS) is 14.9. The molecule has 5 unspecified atom stereocenters. The van der Waals surface area contributed by atoms with Gasteiger partial charge < -0.3 is 34.2 Å². The van der Waals surface area contributed by atoms with E-state index in [0.717, 1.165) is 199 Å². The summed E-state index contributed by atoms with van der Waals surface area (Å²) in [5, 5.41) is 20.7. The number of hydrogen-bond acceptors (Lipinski definition) is 14. The van der Waals surface area contributed by atoms with Crippen LogP contribution in [0.4, 0.5) is 0 Å². The molecule has 0 aliphatic carbocycles. The average molecular weight is 1510 g/mol. The molecule has 18 heteroatoms. The minimum Gasteiger partial charge on any atom is -0.463 e. The first kappa shape index (κ1) is 99.7. The molecule has 0 saturated heterocycles. The molecule has 105 heavy (non-hydrogen) atoms. The van der Waals surface area contributed by atoms with Crippen LogP contribution in [-0.4, -0.2) is 95.9 Å². The van der Waals surface area contributed by atoms with E-state index in [1.54, 1.807) is 0 Å². The highest BCUT2D eigenvalue weighted by molar-refractivity contribution is 7.47. The van der Waals surface area contributed by atoms with Crippen molar-refractivity contribution in [2.75, 3.05) is 39.6 Å². The van der Waals surface area contributed by atoms with Crippen LogP contribution in [0.5, 0.6) is 0 Å². The zero-order chi connectivity index (χ0) is 76.6. The predicted octanol–water partition coefficient (Wildman–Crippen LogP) is 23.8. The standard InChI is InChI=1S/C87H142O16P2/c1-4-7-10-13-16-19-22-25-28-31-33-35-37-38-39-40-41-42-44-46-47-50-52-55-58-61-64-67-70-73-85(90)97-76-82(88)77-99-104(93,94)100-78-83(89)79-101-105(95,96)102-81-84(103-87(92)75-72-69-66-63-60-57-54-49-30-27-24-21-18-15-12-9-6-3)80-98-86(91)74-71-68-65-62-59-56-53-51-48-45-43-36-34-32-29-26-23-20-17-14-11-8-5-2/h7-12,16-21,25-30,33-36,38-39,41-42,45,48,54,57,82-84,88-89H,4-6,13-15,22-24,31-32,37,40,43-44,46-47,49-53,55-56,58-81H2,1-3H3,(H,93,94)(H,95,96)/b10-7-,11-8-,12-9-,19-16-,20-17-,21-18-,28-25-,29-26-,30-27-,35-33-,36-34-,39-38-,42-41-,48-45-,57-54-. The molecule has 4 N–H and O–H groups in total. The number of aliphatic hydroxyl groups is 2. The van der Waals surface area contributed by atoms with Crippen molar-refractivity contribution in [3.05, 3.63) is 182 Å². The maximum atomic E-state index is 13.0. The molecular formula is C87H142O16P2. The van der Waals surface area contributed by atoms with Gasteiger partial charge in [0.05, 0.1) is 26.4 Å². The Morgan fingerprint density at radius 2 is 0.476 bits per heavy atom. The van der Waals surface area contributed by atoms with E-state index >= 15 is 0 Å². The number of esters is 3. The highest BCUT2D eigenvalue weighted by Gasteiger charge is 2.29. The number of phosphoric ester groups is 2. The van der Waals surface area contributed by atoms with Gasteiger partial charge in [-0.2, -0.15) is 0 Å². The molecular weight excluding hydrogens is 1360 g/mol. The number of carbonyl (C=O) groups is 3. The minimum atomic E-state index is -4.95. The zero-order valence-corrected chi connectivity index (χ0v) is 66.9. The fraction of sp³-hybridized carbons (Fsp3) is 0.621. The third kappa shape index (κ3) is 79.5. The Hall–Kier alpha value is -5.35. The molecule has 0 heterocycles. The quantitative estimate of drug-likeness (QED) is 0.0146. The van der Waals surface area contributed by atoms with Crippen LogP contribution in [0.15, 0.2) is 182 Å². The molecule has 0 aliphatic rings. The van der Waals surface area contributed by atoms with Crippen molar-refractivity contribution in [1.82, 2.24) is 0 Å². The molecule has 0 aromatic heterocycles. The van der Waals surface area contributed by atoms with E-state index in [2.05, 4.69) is 203 Å². The van der Waals surface area contributed by atoms with E-state index in [9.17, 15) is 43.5 Å². The van der Waals surface area contributed by atoms with Gasteiger partial charge in [-0.1, -0.05) is 299 Å². The van der Waals surface area contributed by atoms with Gasteiger partial charge in [-0.05, 0) is 154 Å². The molecule has 0 fully saturated rings.